The Bertz CT molecular complexity index is 911. The van der Waals surface area contributed by atoms with E-state index in [-0.39, 0.29) is 0 Å². The monoisotopic (exact) mass is 330 g/mol. The van der Waals surface area contributed by atoms with E-state index >= 15 is 0 Å². The lowest BCUT2D eigenvalue weighted by molar-refractivity contribution is 0.689. The van der Waals surface area contributed by atoms with E-state index in [0.717, 1.165) is 24.5 Å². The van der Waals surface area contributed by atoms with Crippen molar-refractivity contribution in [3.8, 4) is 11.4 Å². The molecule has 25 heavy (non-hydrogen) atoms. The summed E-state index contributed by atoms with van der Waals surface area (Å²) in [5.74, 6) is 0. The van der Waals surface area contributed by atoms with Gasteiger partial charge in [0.15, 0.2) is 0 Å². The zero-order valence-electron chi connectivity index (χ0n) is 13.7. The molecule has 0 saturated carbocycles. The fourth-order valence-electron chi connectivity index (χ4n) is 2.76. The predicted octanol–water partition coefficient (Wildman–Crippen LogP) is 2.74. The van der Waals surface area contributed by atoms with Gasteiger partial charge < -0.3 is 9.88 Å². The maximum absolute atomic E-state index is 4.13. The van der Waals surface area contributed by atoms with Crippen LogP contribution in [-0.4, -0.2) is 24.3 Å². The molecule has 0 bridgehead atoms. The number of hydrogen-bond acceptors (Lipinski definition) is 4. The van der Waals surface area contributed by atoms with Crippen LogP contribution >= 0.6 is 0 Å². The quantitative estimate of drug-likeness (QED) is 0.590. The largest absolute Gasteiger partial charge is 0.309 e. The molecular formula is C19H18N6. The van der Waals surface area contributed by atoms with Gasteiger partial charge in [-0.15, -0.1) is 0 Å². The first-order valence-electron chi connectivity index (χ1n) is 8.11. The van der Waals surface area contributed by atoms with Crippen molar-refractivity contribution in [1.29, 1.82) is 0 Å². The summed E-state index contributed by atoms with van der Waals surface area (Å²) >= 11 is 0. The lowest BCUT2D eigenvalue weighted by Gasteiger charge is -2.11. The Morgan fingerprint density at radius 3 is 2.52 bits per heavy atom. The van der Waals surface area contributed by atoms with Gasteiger partial charge in [0.1, 0.15) is 12.7 Å². The minimum Gasteiger partial charge on any atom is -0.309 e. The van der Waals surface area contributed by atoms with Crippen molar-refractivity contribution in [1.82, 2.24) is 29.6 Å². The number of nitrogens with zero attached hydrogens (tertiary/aromatic N) is 5. The molecule has 0 spiro atoms. The molecule has 6 nitrogen and oxygen atoms in total. The summed E-state index contributed by atoms with van der Waals surface area (Å²) in [5.41, 5.74) is 4.62. The number of para-hydroxylation sites is 1. The Hall–Kier alpha value is -3.25. The highest BCUT2D eigenvalue weighted by Crippen LogP contribution is 2.14. The average Bonchev–Trinajstić information content (AvgIpc) is 3.37. The highest BCUT2D eigenvalue weighted by Gasteiger charge is 2.03. The molecular weight excluding hydrogens is 312 g/mol. The number of hydrogen-bond donors (Lipinski definition) is 1. The van der Waals surface area contributed by atoms with Crippen LogP contribution in [0.3, 0.4) is 0 Å². The van der Waals surface area contributed by atoms with E-state index in [1.54, 1.807) is 17.2 Å². The molecule has 4 aromatic rings. The summed E-state index contributed by atoms with van der Waals surface area (Å²) in [5, 5.41) is 7.64. The van der Waals surface area contributed by atoms with E-state index in [1.165, 1.54) is 17.5 Å². The van der Waals surface area contributed by atoms with Crippen LogP contribution in [0.2, 0.25) is 0 Å². The first kappa shape index (κ1) is 15.3. The van der Waals surface area contributed by atoms with Crippen LogP contribution in [0.5, 0.6) is 0 Å². The molecule has 124 valence electrons. The minimum absolute atomic E-state index is 0.791. The molecule has 0 aliphatic carbocycles. The summed E-state index contributed by atoms with van der Waals surface area (Å²) in [7, 11) is 0. The fraction of sp³-hybridized carbons (Fsp3) is 0.105. The van der Waals surface area contributed by atoms with Crippen molar-refractivity contribution in [2.45, 2.75) is 13.1 Å². The van der Waals surface area contributed by atoms with Crippen molar-refractivity contribution < 1.29 is 0 Å². The molecule has 2 aromatic carbocycles. The topological polar surface area (TPSA) is 60.6 Å². The Morgan fingerprint density at radius 2 is 1.76 bits per heavy atom. The van der Waals surface area contributed by atoms with E-state index < -0.39 is 0 Å². The van der Waals surface area contributed by atoms with Gasteiger partial charge >= 0.3 is 0 Å². The number of rotatable bonds is 6. The molecule has 0 fully saturated rings. The summed E-state index contributed by atoms with van der Waals surface area (Å²) in [6.07, 6.45) is 8.80. The SMILES string of the molecule is c1ccc(-n2ccnc2)c(CNCc2ccc(-n3cncn3)cc2)c1. The van der Waals surface area contributed by atoms with E-state index in [4.69, 9.17) is 0 Å². The molecule has 1 N–H and O–H groups in total. The van der Waals surface area contributed by atoms with Crippen molar-refractivity contribution in [3.63, 3.8) is 0 Å². The Labute approximate surface area is 145 Å². The van der Waals surface area contributed by atoms with Gasteiger partial charge in [0.25, 0.3) is 0 Å². The molecule has 0 saturated heterocycles. The predicted molar refractivity (Wildman–Crippen MR) is 95.5 cm³/mol. The van der Waals surface area contributed by atoms with Crippen LogP contribution in [-0.2, 0) is 13.1 Å². The third-order valence-corrected chi connectivity index (χ3v) is 4.04. The average molecular weight is 330 g/mol. The Kier molecular flexibility index (Phi) is 4.35. The lowest BCUT2D eigenvalue weighted by atomic mass is 10.1. The van der Waals surface area contributed by atoms with Gasteiger partial charge in [-0.25, -0.2) is 14.6 Å². The molecule has 0 radical (unpaired) electrons. The molecule has 0 aliphatic heterocycles. The summed E-state index contributed by atoms with van der Waals surface area (Å²) < 4.78 is 3.78. The first-order chi connectivity index (χ1) is 12.4. The van der Waals surface area contributed by atoms with E-state index in [1.807, 2.05) is 35.3 Å². The van der Waals surface area contributed by atoms with Crippen LogP contribution < -0.4 is 5.32 Å². The molecule has 2 aromatic heterocycles. The molecule has 0 unspecified atom stereocenters. The third-order valence-electron chi connectivity index (χ3n) is 4.04. The Balaban J connectivity index is 1.40. The van der Waals surface area contributed by atoms with E-state index in [2.05, 4.69) is 50.7 Å². The van der Waals surface area contributed by atoms with Gasteiger partial charge in [0.2, 0.25) is 0 Å². The van der Waals surface area contributed by atoms with Gasteiger partial charge in [-0.3, -0.25) is 0 Å². The number of aromatic nitrogens is 5. The molecule has 2 heterocycles. The standard InChI is InChI=1S/C19H18N6/c1-2-4-19(24-10-9-20-14-24)17(3-1)12-21-11-16-5-7-18(8-6-16)25-15-22-13-23-25/h1-10,13-15,21H,11-12H2. The fourth-order valence-corrected chi connectivity index (χ4v) is 2.76. The van der Waals surface area contributed by atoms with Gasteiger partial charge in [-0.1, -0.05) is 30.3 Å². The third kappa shape index (κ3) is 3.49. The van der Waals surface area contributed by atoms with Crippen LogP contribution in [0.4, 0.5) is 0 Å². The maximum atomic E-state index is 4.13. The van der Waals surface area contributed by atoms with Gasteiger partial charge in [0, 0.05) is 25.5 Å². The minimum atomic E-state index is 0.791. The van der Waals surface area contributed by atoms with Crippen LogP contribution in [0.25, 0.3) is 11.4 Å². The number of benzene rings is 2. The highest BCUT2D eigenvalue weighted by atomic mass is 15.3. The molecule has 0 atom stereocenters. The summed E-state index contributed by atoms with van der Waals surface area (Å²) in [6, 6.07) is 16.6. The van der Waals surface area contributed by atoms with Gasteiger partial charge in [-0.2, -0.15) is 5.10 Å². The zero-order chi connectivity index (χ0) is 16.9. The van der Waals surface area contributed by atoms with Crippen molar-refractivity contribution in [2.24, 2.45) is 0 Å². The number of nitrogens with one attached hydrogen (secondary N) is 1. The van der Waals surface area contributed by atoms with Crippen molar-refractivity contribution in [2.75, 3.05) is 0 Å². The first-order valence-corrected chi connectivity index (χ1v) is 8.11. The van der Waals surface area contributed by atoms with Crippen LogP contribution in [0.15, 0.2) is 79.9 Å². The van der Waals surface area contributed by atoms with Gasteiger partial charge in [0.05, 0.1) is 17.7 Å². The van der Waals surface area contributed by atoms with Crippen molar-refractivity contribution >= 4 is 0 Å². The second kappa shape index (κ2) is 7.11. The van der Waals surface area contributed by atoms with Gasteiger partial charge in [-0.05, 0) is 29.3 Å². The van der Waals surface area contributed by atoms with Crippen LogP contribution in [0, 0.1) is 0 Å². The Morgan fingerprint density at radius 1 is 0.880 bits per heavy atom. The zero-order valence-corrected chi connectivity index (χ0v) is 13.7. The van der Waals surface area contributed by atoms with Crippen LogP contribution in [0.1, 0.15) is 11.1 Å². The molecule has 4 rings (SSSR count). The smallest absolute Gasteiger partial charge is 0.138 e. The second-order valence-corrected chi connectivity index (χ2v) is 5.71. The van der Waals surface area contributed by atoms with E-state index in [9.17, 15) is 0 Å². The summed E-state index contributed by atoms with van der Waals surface area (Å²) in [6.45, 7) is 1.59. The molecule has 0 amide bonds. The lowest BCUT2D eigenvalue weighted by Crippen LogP contribution is -2.14. The number of imidazole rings is 1. The summed E-state index contributed by atoms with van der Waals surface area (Å²) in [4.78, 5) is 8.09. The molecule has 0 aliphatic rings. The maximum Gasteiger partial charge on any atom is 0.138 e. The highest BCUT2D eigenvalue weighted by molar-refractivity contribution is 5.41. The molecule has 6 heteroatoms. The van der Waals surface area contributed by atoms with E-state index in [0.29, 0.717) is 0 Å². The van der Waals surface area contributed by atoms with Crippen molar-refractivity contribution in [3.05, 3.63) is 91.0 Å². The second-order valence-electron chi connectivity index (χ2n) is 5.71. The normalized spacial score (nSPS) is 10.9.